The zero-order valence-corrected chi connectivity index (χ0v) is 11.3. The molecule has 0 amide bonds. The highest BCUT2D eigenvalue weighted by Crippen LogP contribution is 2.54. The number of alkyl halides is 3. The topological polar surface area (TPSA) is 0 Å². The minimum Gasteiger partial charge on any atom is -0.118 e. The van der Waals surface area contributed by atoms with E-state index in [1.165, 1.54) is 0 Å². The maximum absolute atomic E-state index is 13.4. The van der Waals surface area contributed by atoms with Crippen LogP contribution in [0.3, 0.4) is 0 Å². The second-order valence-electron chi connectivity index (χ2n) is 4.71. The Morgan fingerprint density at radius 2 is 1.63 bits per heavy atom. The van der Waals surface area contributed by atoms with Gasteiger partial charge in [-0.3, -0.25) is 0 Å². The summed E-state index contributed by atoms with van der Waals surface area (Å²) in [4.78, 5) is 0. The molecule has 1 unspecified atom stereocenters. The van der Waals surface area contributed by atoms with Crippen LogP contribution in [-0.2, 0) is 5.51 Å². The third kappa shape index (κ3) is 1.82. The molecule has 4 heteroatoms. The summed E-state index contributed by atoms with van der Waals surface area (Å²) < 4.78 is 41.1. The standard InChI is InChI=1S/C15H12F3S/c1-9-7-10(2)14-12(8-9)11-5-3-4-6-13(11)19(14)15(16,17)18/h3-8H,1-2H3/q+1. The summed E-state index contributed by atoms with van der Waals surface area (Å²) in [5.41, 5.74) is -2.49. The highest BCUT2D eigenvalue weighted by atomic mass is 32.2. The Morgan fingerprint density at radius 3 is 2.32 bits per heavy atom. The molecule has 1 heterocycles. The van der Waals surface area contributed by atoms with Crippen LogP contribution in [0, 0.1) is 13.8 Å². The Bertz CT molecular complexity index is 781. The molecule has 0 fully saturated rings. The first-order chi connectivity index (χ1) is 8.89. The lowest BCUT2D eigenvalue weighted by atomic mass is 10.1. The minimum atomic E-state index is -4.22. The van der Waals surface area contributed by atoms with Gasteiger partial charge in [0.15, 0.2) is 9.40 Å². The Hall–Kier alpha value is -1.55. The zero-order chi connectivity index (χ0) is 13.8. The zero-order valence-electron chi connectivity index (χ0n) is 10.5. The average molecular weight is 281 g/mol. The van der Waals surface area contributed by atoms with Gasteiger partial charge in [0.2, 0.25) is 0 Å². The molecule has 19 heavy (non-hydrogen) atoms. The van der Waals surface area contributed by atoms with E-state index in [1.807, 2.05) is 19.1 Å². The molecule has 0 saturated heterocycles. The first kappa shape index (κ1) is 12.5. The largest absolute Gasteiger partial charge is 0.601 e. The Balaban J connectivity index is 2.64. The van der Waals surface area contributed by atoms with Crippen molar-refractivity contribution in [2.75, 3.05) is 0 Å². The fourth-order valence-electron chi connectivity index (χ4n) is 2.64. The maximum atomic E-state index is 13.4. The van der Waals surface area contributed by atoms with E-state index in [9.17, 15) is 13.2 Å². The summed E-state index contributed by atoms with van der Waals surface area (Å²) in [5, 5.41) is 1.47. The van der Waals surface area contributed by atoms with E-state index in [4.69, 9.17) is 0 Å². The number of fused-ring (bicyclic) bond motifs is 3. The monoisotopic (exact) mass is 281 g/mol. The average Bonchev–Trinajstić information content (AvgIpc) is 2.64. The van der Waals surface area contributed by atoms with Crippen molar-refractivity contribution in [2.45, 2.75) is 19.4 Å². The second-order valence-corrected chi connectivity index (χ2v) is 6.63. The van der Waals surface area contributed by atoms with Crippen LogP contribution in [0.4, 0.5) is 13.2 Å². The van der Waals surface area contributed by atoms with Crippen LogP contribution in [0.25, 0.3) is 20.2 Å². The number of hydrogen-bond donors (Lipinski definition) is 0. The highest BCUT2D eigenvalue weighted by Gasteiger charge is 2.48. The van der Waals surface area contributed by atoms with E-state index in [1.54, 1.807) is 31.2 Å². The van der Waals surface area contributed by atoms with Crippen molar-refractivity contribution in [3.05, 3.63) is 47.5 Å². The van der Waals surface area contributed by atoms with Crippen molar-refractivity contribution in [1.82, 2.24) is 0 Å². The molecule has 1 atom stereocenters. The summed E-state index contributed by atoms with van der Waals surface area (Å²) in [7, 11) is -1.81. The number of hydrogen-bond acceptors (Lipinski definition) is 0. The lowest BCUT2D eigenvalue weighted by Crippen LogP contribution is -1.95. The van der Waals surface area contributed by atoms with Gasteiger partial charge in [0.05, 0.1) is 0 Å². The van der Waals surface area contributed by atoms with Crippen LogP contribution in [0.5, 0.6) is 0 Å². The molecule has 3 rings (SSSR count). The van der Waals surface area contributed by atoms with Crippen LogP contribution < -0.4 is 0 Å². The predicted octanol–water partition coefficient (Wildman–Crippen LogP) is 5.84. The summed E-state index contributed by atoms with van der Waals surface area (Å²) in [6, 6.07) is 10.5. The van der Waals surface area contributed by atoms with Crippen molar-refractivity contribution in [3.63, 3.8) is 0 Å². The summed E-state index contributed by atoms with van der Waals surface area (Å²) in [6.07, 6.45) is 0. The van der Waals surface area contributed by atoms with Gasteiger partial charge in [-0.15, -0.1) is 13.2 Å². The van der Waals surface area contributed by atoms with Gasteiger partial charge in [-0.1, -0.05) is 18.2 Å². The molecule has 0 saturated carbocycles. The molecule has 0 aliphatic heterocycles. The molecule has 0 N–H and O–H groups in total. The van der Waals surface area contributed by atoms with Gasteiger partial charge in [0.25, 0.3) is 0 Å². The van der Waals surface area contributed by atoms with Crippen molar-refractivity contribution < 1.29 is 13.2 Å². The molecular formula is C15H12F3S+. The molecule has 3 aromatic rings. The summed E-state index contributed by atoms with van der Waals surface area (Å²) >= 11 is 0. The van der Waals surface area contributed by atoms with Crippen molar-refractivity contribution in [3.8, 4) is 0 Å². The van der Waals surface area contributed by atoms with Crippen LogP contribution in [-0.4, -0.2) is 0 Å². The van der Waals surface area contributed by atoms with Gasteiger partial charge in [-0.25, -0.2) is 0 Å². The normalized spacial score (nSPS) is 13.4. The number of thiophene rings is 1. The SMILES string of the molecule is Cc1cc(C)c2c(c1)c1ccccc1[s+]2C(F)(F)F. The quantitative estimate of drug-likeness (QED) is 0.454. The molecule has 0 radical (unpaired) electrons. The molecule has 1 aromatic heterocycles. The minimum absolute atomic E-state index is 0.402. The van der Waals surface area contributed by atoms with E-state index < -0.39 is 16.0 Å². The van der Waals surface area contributed by atoms with Crippen LogP contribution in [0.2, 0.25) is 0 Å². The van der Waals surface area contributed by atoms with Gasteiger partial charge in [0.1, 0.15) is 10.5 Å². The van der Waals surface area contributed by atoms with Crippen LogP contribution in [0.1, 0.15) is 11.1 Å². The van der Waals surface area contributed by atoms with Gasteiger partial charge < -0.3 is 0 Å². The second kappa shape index (κ2) is 3.97. The smallest absolute Gasteiger partial charge is 0.118 e. The number of rotatable bonds is 0. The first-order valence-electron chi connectivity index (χ1n) is 5.91. The Kier molecular flexibility index (Phi) is 2.61. The van der Waals surface area contributed by atoms with E-state index >= 15 is 0 Å². The van der Waals surface area contributed by atoms with Crippen LogP contribution >= 0.6 is 10.5 Å². The molecule has 0 spiro atoms. The Labute approximate surface area is 111 Å². The number of aryl methyl sites for hydroxylation is 2. The van der Waals surface area contributed by atoms with Gasteiger partial charge in [0, 0.05) is 16.3 Å². The van der Waals surface area contributed by atoms with Crippen molar-refractivity contribution >= 4 is 30.6 Å². The molecule has 98 valence electrons. The van der Waals surface area contributed by atoms with E-state index in [2.05, 4.69) is 0 Å². The van der Waals surface area contributed by atoms with E-state index in [0.717, 1.165) is 21.9 Å². The maximum Gasteiger partial charge on any atom is 0.601 e. The third-order valence-corrected chi connectivity index (χ3v) is 5.46. The summed E-state index contributed by atoms with van der Waals surface area (Å²) in [6.45, 7) is 3.68. The predicted molar refractivity (Wildman–Crippen MR) is 74.7 cm³/mol. The number of halogens is 3. The van der Waals surface area contributed by atoms with Crippen LogP contribution in [0.15, 0.2) is 36.4 Å². The van der Waals surface area contributed by atoms with Gasteiger partial charge >= 0.3 is 5.51 Å². The lowest BCUT2D eigenvalue weighted by molar-refractivity contribution is -0.0862. The van der Waals surface area contributed by atoms with E-state index in [0.29, 0.717) is 9.40 Å². The van der Waals surface area contributed by atoms with Crippen molar-refractivity contribution in [2.24, 2.45) is 0 Å². The Morgan fingerprint density at radius 1 is 0.947 bits per heavy atom. The van der Waals surface area contributed by atoms with Gasteiger partial charge in [-0.2, -0.15) is 0 Å². The summed E-state index contributed by atoms with van der Waals surface area (Å²) in [5.74, 6) is 0. The molecule has 0 nitrogen and oxygen atoms in total. The first-order valence-corrected chi connectivity index (χ1v) is 7.14. The van der Waals surface area contributed by atoms with E-state index in [-0.39, 0.29) is 0 Å². The highest BCUT2D eigenvalue weighted by molar-refractivity contribution is 7.44. The third-order valence-electron chi connectivity index (χ3n) is 3.25. The molecule has 0 bridgehead atoms. The lowest BCUT2D eigenvalue weighted by Gasteiger charge is -1.99. The molecule has 0 aliphatic rings. The molecular weight excluding hydrogens is 269 g/mol. The van der Waals surface area contributed by atoms with Gasteiger partial charge in [-0.05, 0) is 37.6 Å². The number of benzene rings is 2. The molecule has 2 aromatic carbocycles. The fourth-order valence-corrected chi connectivity index (χ4v) is 4.73. The molecule has 0 aliphatic carbocycles. The fraction of sp³-hybridized carbons (Fsp3) is 0.200. The van der Waals surface area contributed by atoms with Crippen molar-refractivity contribution in [1.29, 1.82) is 0 Å².